The average Bonchev–Trinajstić information content (AvgIpc) is 2.56. The lowest BCUT2D eigenvalue weighted by Crippen LogP contribution is -2.48. The van der Waals surface area contributed by atoms with E-state index in [2.05, 4.69) is 17.4 Å². The Morgan fingerprint density at radius 2 is 2.00 bits per heavy atom. The SMILES string of the molecule is COCCCC(NN)C1CC2CCC(C1)N2C. The molecule has 2 rings (SSSR count). The molecule has 0 saturated carbocycles. The number of nitrogens with zero attached hydrogens (tertiary/aromatic N) is 1. The molecule has 0 radical (unpaired) electrons. The van der Waals surface area contributed by atoms with Gasteiger partial charge in [0.1, 0.15) is 0 Å². The summed E-state index contributed by atoms with van der Waals surface area (Å²) in [5.41, 5.74) is 3.04. The van der Waals surface area contributed by atoms with E-state index in [0.29, 0.717) is 6.04 Å². The predicted molar refractivity (Wildman–Crippen MR) is 69.5 cm³/mol. The van der Waals surface area contributed by atoms with Crippen LogP contribution in [-0.2, 0) is 4.74 Å². The lowest BCUT2D eigenvalue weighted by Gasteiger charge is -2.39. The second-order valence-corrected chi connectivity index (χ2v) is 5.69. The van der Waals surface area contributed by atoms with Gasteiger partial charge in [0.05, 0.1) is 0 Å². The Morgan fingerprint density at radius 1 is 1.35 bits per heavy atom. The topological polar surface area (TPSA) is 50.5 Å². The van der Waals surface area contributed by atoms with Crippen LogP contribution in [0.4, 0.5) is 0 Å². The molecule has 0 aromatic heterocycles. The van der Waals surface area contributed by atoms with Gasteiger partial charge in [-0.25, -0.2) is 0 Å². The Balaban J connectivity index is 1.84. The van der Waals surface area contributed by atoms with E-state index in [-0.39, 0.29) is 0 Å². The van der Waals surface area contributed by atoms with E-state index >= 15 is 0 Å². The van der Waals surface area contributed by atoms with Crippen molar-refractivity contribution in [2.75, 3.05) is 20.8 Å². The third-order valence-electron chi connectivity index (χ3n) is 4.78. The maximum Gasteiger partial charge on any atom is 0.0462 e. The monoisotopic (exact) mass is 241 g/mol. The zero-order chi connectivity index (χ0) is 12.3. The molecule has 100 valence electrons. The Labute approximate surface area is 105 Å². The molecular weight excluding hydrogens is 214 g/mol. The van der Waals surface area contributed by atoms with Gasteiger partial charge in [0.15, 0.2) is 0 Å². The number of ether oxygens (including phenoxy) is 1. The summed E-state index contributed by atoms with van der Waals surface area (Å²) in [4.78, 5) is 2.58. The quantitative estimate of drug-likeness (QED) is 0.416. The fourth-order valence-corrected chi connectivity index (χ4v) is 3.68. The fraction of sp³-hybridized carbons (Fsp3) is 1.00. The van der Waals surface area contributed by atoms with Crippen molar-refractivity contribution in [2.45, 2.75) is 56.7 Å². The minimum absolute atomic E-state index is 0.474. The summed E-state index contributed by atoms with van der Waals surface area (Å²) < 4.78 is 5.12. The van der Waals surface area contributed by atoms with E-state index in [1.165, 1.54) is 25.7 Å². The molecule has 2 bridgehead atoms. The molecule has 4 heteroatoms. The largest absolute Gasteiger partial charge is 0.385 e. The van der Waals surface area contributed by atoms with E-state index in [1.54, 1.807) is 7.11 Å². The van der Waals surface area contributed by atoms with E-state index in [4.69, 9.17) is 10.6 Å². The molecule has 0 spiro atoms. The molecule has 2 heterocycles. The summed E-state index contributed by atoms with van der Waals surface area (Å²) in [6.07, 6.45) is 7.63. The lowest BCUT2D eigenvalue weighted by atomic mass is 9.83. The zero-order valence-electron chi connectivity index (χ0n) is 11.2. The highest BCUT2D eigenvalue weighted by atomic mass is 16.5. The number of nitrogens with two attached hydrogens (primary N) is 1. The van der Waals surface area contributed by atoms with E-state index in [0.717, 1.165) is 37.5 Å². The van der Waals surface area contributed by atoms with E-state index in [1.807, 2.05) is 0 Å². The van der Waals surface area contributed by atoms with Crippen molar-refractivity contribution in [3.05, 3.63) is 0 Å². The van der Waals surface area contributed by atoms with Crippen LogP contribution in [0.15, 0.2) is 0 Å². The minimum atomic E-state index is 0.474. The molecule has 3 unspecified atom stereocenters. The van der Waals surface area contributed by atoms with Crippen molar-refractivity contribution in [2.24, 2.45) is 11.8 Å². The van der Waals surface area contributed by atoms with Gasteiger partial charge in [-0.15, -0.1) is 0 Å². The summed E-state index contributed by atoms with van der Waals surface area (Å²) in [6.45, 7) is 0.845. The second-order valence-electron chi connectivity index (χ2n) is 5.69. The van der Waals surface area contributed by atoms with Gasteiger partial charge < -0.3 is 9.64 Å². The van der Waals surface area contributed by atoms with Crippen LogP contribution in [0.5, 0.6) is 0 Å². The zero-order valence-corrected chi connectivity index (χ0v) is 11.2. The maximum absolute atomic E-state index is 5.73. The lowest BCUT2D eigenvalue weighted by molar-refractivity contribution is 0.105. The first kappa shape index (κ1) is 13.3. The number of hydrogen-bond donors (Lipinski definition) is 2. The molecule has 0 aliphatic carbocycles. The van der Waals surface area contributed by atoms with Crippen molar-refractivity contribution < 1.29 is 4.74 Å². The smallest absolute Gasteiger partial charge is 0.0462 e. The first-order valence-electron chi connectivity index (χ1n) is 6.93. The summed E-state index contributed by atoms with van der Waals surface area (Å²) in [5.74, 6) is 6.48. The van der Waals surface area contributed by atoms with Crippen molar-refractivity contribution in [1.82, 2.24) is 10.3 Å². The van der Waals surface area contributed by atoms with Crippen molar-refractivity contribution >= 4 is 0 Å². The number of nitrogens with one attached hydrogen (secondary N) is 1. The standard InChI is InChI=1S/C13H27N3O/c1-16-11-5-6-12(16)9-10(8-11)13(15-14)4-3-7-17-2/h10-13,15H,3-9,14H2,1-2H3. The van der Waals surface area contributed by atoms with Gasteiger partial charge in [-0.2, -0.15) is 0 Å². The van der Waals surface area contributed by atoms with Crippen LogP contribution in [0.2, 0.25) is 0 Å². The number of hydrogen-bond acceptors (Lipinski definition) is 4. The molecular formula is C13H27N3O. The molecule has 17 heavy (non-hydrogen) atoms. The summed E-state index contributed by atoms with van der Waals surface area (Å²) in [6, 6.07) is 2.08. The van der Waals surface area contributed by atoms with Crippen LogP contribution in [-0.4, -0.2) is 43.8 Å². The highest BCUT2D eigenvalue weighted by Gasteiger charge is 2.40. The highest BCUT2D eigenvalue weighted by Crippen LogP contribution is 2.39. The molecule has 2 saturated heterocycles. The Hall–Kier alpha value is -0.160. The van der Waals surface area contributed by atoms with Crippen LogP contribution < -0.4 is 11.3 Å². The van der Waals surface area contributed by atoms with E-state index < -0.39 is 0 Å². The second kappa shape index (κ2) is 6.14. The molecule has 0 aromatic carbocycles. The average molecular weight is 241 g/mol. The third-order valence-corrected chi connectivity index (χ3v) is 4.78. The molecule has 3 atom stereocenters. The molecule has 2 aliphatic heterocycles. The van der Waals surface area contributed by atoms with Gasteiger partial charge in [-0.1, -0.05) is 0 Å². The number of fused-ring (bicyclic) bond motifs is 2. The van der Waals surface area contributed by atoms with Gasteiger partial charge in [0.2, 0.25) is 0 Å². The van der Waals surface area contributed by atoms with Crippen molar-refractivity contribution in [3.63, 3.8) is 0 Å². The summed E-state index contributed by atoms with van der Waals surface area (Å²) in [5, 5.41) is 0. The van der Waals surface area contributed by atoms with Crippen LogP contribution >= 0.6 is 0 Å². The normalized spacial score (nSPS) is 35.1. The Morgan fingerprint density at radius 3 is 2.53 bits per heavy atom. The number of hydrazine groups is 1. The van der Waals surface area contributed by atoms with Crippen LogP contribution in [0.1, 0.15) is 38.5 Å². The fourth-order valence-electron chi connectivity index (χ4n) is 3.68. The third kappa shape index (κ3) is 2.99. The predicted octanol–water partition coefficient (Wildman–Crippen LogP) is 1.12. The molecule has 4 nitrogen and oxygen atoms in total. The van der Waals surface area contributed by atoms with Crippen LogP contribution in [0, 0.1) is 5.92 Å². The Bertz CT molecular complexity index is 223. The summed E-state index contributed by atoms with van der Waals surface area (Å²) in [7, 11) is 4.05. The first-order valence-corrected chi connectivity index (χ1v) is 6.93. The van der Waals surface area contributed by atoms with Gasteiger partial charge in [0, 0.05) is 31.8 Å². The summed E-state index contributed by atoms with van der Waals surface area (Å²) >= 11 is 0. The molecule has 2 fully saturated rings. The maximum atomic E-state index is 5.73. The number of piperidine rings is 1. The van der Waals surface area contributed by atoms with Crippen molar-refractivity contribution in [1.29, 1.82) is 0 Å². The van der Waals surface area contributed by atoms with E-state index in [9.17, 15) is 0 Å². The molecule has 0 amide bonds. The van der Waals surface area contributed by atoms with Gasteiger partial charge in [-0.3, -0.25) is 11.3 Å². The minimum Gasteiger partial charge on any atom is -0.385 e. The van der Waals surface area contributed by atoms with Gasteiger partial charge in [0.25, 0.3) is 0 Å². The first-order chi connectivity index (χ1) is 8.26. The highest BCUT2D eigenvalue weighted by molar-refractivity contribution is 4.96. The number of rotatable bonds is 6. The van der Waals surface area contributed by atoms with Crippen LogP contribution in [0.3, 0.4) is 0 Å². The Kier molecular flexibility index (Phi) is 4.79. The number of methoxy groups -OCH3 is 1. The van der Waals surface area contributed by atoms with Gasteiger partial charge >= 0.3 is 0 Å². The van der Waals surface area contributed by atoms with Gasteiger partial charge in [-0.05, 0) is 51.5 Å². The van der Waals surface area contributed by atoms with Crippen LogP contribution in [0.25, 0.3) is 0 Å². The molecule has 2 aliphatic rings. The molecule has 0 aromatic rings. The molecule has 3 N–H and O–H groups in total. The van der Waals surface area contributed by atoms with Crippen molar-refractivity contribution in [3.8, 4) is 0 Å².